The van der Waals surface area contributed by atoms with Crippen LogP contribution in [0.5, 0.6) is 0 Å². The summed E-state index contributed by atoms with van der Waals surface area (Å²) < 4.78 is 1.94. The van der Waals surface area contributed by atoms with Crippen molar-refractivity contribution >= 4 is 0 Å². The third-order valence-corrected chi connectivity index (χ3v) is 5.73. The van der Waals surface area contributed by atoms with Crippen molar-refractivity contribution in [3.63, 3.8) is 0 Å². The van der Waals surface area contributed by atoms with E-state index < -0.39 is 5.54 Å². The molecule has 4 aliphatic carbocycles. The van der Waals surface area contributed by atoms with E-state index in [1.54, 1.807) is 0 Å². The minimum atomic E-state index is -0.581. The van der Waals surface area contributed by atoms with Gasteiger partial charge in [0.1, 0.15) is 0 Å². The Morgan fingerprint density at radius 2 is 1.70 bits per heavy atom. The molecular formula is C15H24N4O. The molecule has 1 heterocycles. The van der Waals surface area contributed by atoms with Gasteiger partial charge in [-0.2, -0.15) is 5.10 Å². The zero-order valence-electron chi connectivity index (χ0n) is 12.4. The highest BCUT2D eigenvalue weighted by atomic mass is 16.1. The van der Waals surface area contributed by atoms with Crippen LogP contribution < -0.4 is 11.4 Å². The van der Waals surface area contributed by atoms with Gasteiger partial charge >= 0.3 is 5.69 Å². The molecule has 0 unspecified atom stereocenters. The summed E-state index contributed by atoms with van der Waals surface area (Å²) in [7, 11) is 0. The lowest BCUT2D eigenvalue weighted by Crippen LogP contribution is -2.56. The van der Waals surface area contributed by atoms with E-state index in [0.717, 1.165) is 42.8 Å². The van der Waals surface area contributed by atoms with E-state index >= 15 is 0 Å². The van der Waals surface area contributed by atoms with Gasteiger partial charge in [-0.1, -0.05) is 0 Å². The van der Waals surface area contributed by atoms with E-state index in [0.29, 0.717) is 0 Å². The fourth-order valence-electron chi connectivity index (χ4n) is 5.51. The Morgan fingerprint density at radius 3 is 2.15 bits per heavy atom. The number of rotatable bonds is 2. The van der Waals surface area contributed by atoms with Crippen molar-refractivity contribution in [2.75, 3.05) is 0 Å². The Hall–Kier alpha value is -1.10. The third kappa shape index (κ3) is 1.65. The highest BCUT2D eigenvalue weighted by Gasteiger charge is 2.53. The van der Waals surface area contributed by atoms with Gasteiger partial charge in [-0.15, -0.1) is 0 Å². The molecule has 1 aromatic rings. The quantitative estimate of drug-likeness (QED) is 0.863. The summed E-state index contributed by atoms with van der Waals surface area (Å²) in [6.07, 6.45) is 7.53. The van der Waals surface area contributed by atoms with E-state index in [-0.39, 0.29) is 11.2 Å². The van der Waals surface area contributed by atoms with Gasteiger partial charge in [0, 0.05) is 0 Å². The first-order chi connectivity index (χ1) is 9.37. The van der Waals surface area contributed by atoms with Crippen molar-refractivity contribution in [2.24, 2.45) is 23.5 Å². The molecule has 1 aromatic heterocycles. The van der Waals surface area contributed by atoms with Crippen LogP contribution in [0.2, 0.25) is 0 Å². The number of aromatic amines is 1. The monoisotopic (exact) mass is 276 g/mol. The van der Waals surface area contributed by atoms with Crippen molar-refractivity contribution in [1.82, 2.24) is 14.8 Å². The molecule has 3 N–H and O–H groups in total. The van der Waals surface area contributed by atoms with Crippen LogP contribution in [-0.4, -0.2) is 14.8 Å². The predicted octanol–water partition coefficient (Wildman–Crippen LogP) is 1.69. The van der Waals surface area contributed by atoms with Gasteiger partial charge in [-0.05, 0) is 70.1 Å². The van der Waals surface area contributed by atoms with Gasteiger partial charge in [0.15, 0.2) is 5.82 Å². The molecule has 5 heteroatoms. The predicted molar refractivity (Wildman–Crippen MR) is 76.2 cm³/mol. The summed E-state index contributed by atoms with van der Waals surface area (Å²) in [5.74, 6) is 3.13. The molecule has 0 amide bonds. The molecule has 0 aliphatic heterocycles. The van der Waals surface area contributed by atoms with Gasteiger partial charge in [0.05, 0.1) is 11.1 Å². The highest BCUT2D eigenvalue weighted by molar-refractivity contribution is 5.12. The van der Waals surface area contributed by atoms with Crippen molar-refractivity contribution in [1.29, 1.82) is 0 Å². The topological polar surface area (TPSA) is 76.7 Å². The van der Waals surface area contributed by atoms with Gasteiger partial charge in [0.2, 0.25) is 0 Å². The molecule has 20 heavy (non-hydrogen) atoms. The zero-order chi connectivity index (χ0) is 14.1. The lowest BCUT2D eigenvalue weighted by molar-refractivity contribution is -0.0473. The standard InChI is InChI=1S/C15H24N4O/c1-14(2,16)12-17-18-13(20)19(12)15-6-9-3-10(7-15)5-11(4-9)8-15/h9-11H,3-8,16H2,1-2H3,(H,18,20). The number of hydrogen-bond acceptors (Lipinski definition) is 3. The fraction of sp³-hybridized carbons (Fsp3) is 0.867. The lowest BCUT2D eigenvalue weighted by Gasteiger charge is -2.57. The Morgan fingerprint density at radius 1 is 1.20 bits per heavy atom. The Labute approximate surface area is 118 Å². The summed E-state index contributed by atoms with van der Waals surface area (Å²) in [5.41, 5.74) is 5.59. The maximum absolute atomic E-state index is 12.4. The van der Waals surface area contributed by atoms with Crippen LogP contribution >= 0.6 is 0 Å². The number of nitrogens with one attached hydrogen (secondary N) is 1. The van der Waals surface area contributed by atoms with E-state index in [1.807, 2.05) is 18.4 Å². The molecular weight excluding hydrogens is 252 g/mol. The van der Waals surface area contributed by atoms with Crippen molar-refractivity contribution in [2.45, 2.75) is 63.5 Å². The van der Waals surface area contributed by atoms with Crippen molar-refractivity contribution in [3.8, 4) is 0 Å². The molecule has 0 atom stereocenters. The van der Waals surface area contributed by atoms with Crippen molar-refractivity contribution in [3.05, 3.63) is 16.3 Å². The molecule has 0 saturated heterocycles. The third-order valence-electron chi connectivity index (χ3n) is 5.73. The van der Waals surface area contributed by atoms with Crippen LogP contribution in [0.4, 0.5) is 0 Å². The minimum absolute atomic E-state index is 0.00912. The summed E-state index contributed by atoms with van der Waals surface area (Å²) in [5, 5.41) is 6.89. The summed E-state index contributed by atoms with van der Waals surface area (Å²) in [6.45, 7) is 3.86. The van der Waals surface area contributed by atoms with E-state index in [2.05, 4.69) is 10.2 Å². The molecule has 110 valence electrons. The van der Waals surface area contributed by atoms with E-state index in [9.17, 15) is 4.79 Å². The maximum atomic E-state index is 12.4. The largest absolute Gasteiger partial charge is 0.343 e. The average molecular weight is 276 g/mol. The SMILES string of the molecule is CC(C)(N)c1n[nH]c(=O)n1C12CC3CC(CC(C3)C1)C2. The molecule has 5 nitrogen and oxygen atoms in total. The van der Waals surface area contributed by atoms with Gasteiger partial charge in [0.25, 0.3) is 0 Å². The second kappa shape index (κ2) is 3.75. The minimum Gasteiger partial charge on any atom is -0.319 e. The number of H-pyrrole nitrogens is 1. The summed E-state index contributed by atoms with van der Waals surface area (Å²) in [6, 6.07) is 0. The highest BCUT2D eigenvalue weighted by Crippen LogP contribution is 2.58. The van der Waals surface area contributed by atoms with Gasteiger partial charge in [-0.25, -0.2) is 9.89 Å². The normalized spacial score (nSPS) is 39.5. The molecule has 4 fully saturated rings. The average Bonchev–Trinajstić information content (AvgIpc) is 2.69. The molecule has 0 aromatic carbocycles. The van der Waals surface area contributed by atoms with Gasteiger partial charge in [-0.3, -0.25) is 4.57 Å². The van der Waals surface area contributed by atoms with E-state index in [4.69, 9.17) is 5.73 Å². The van der Waals surface area contributed by atoms with E-state index in [1.165, 1.54) is 19.3 Å². The summed E-state index contributed by atoms with van der Waals surface area (Å²) in [4.78, 5) is 12.4. The molecule has 4 aliphatic rings. The number of aromatic nitrogens is 3. The van der Waals surface area contributed by atoms with Crippen LogP contribution in [0.15, 0.2) is 4.79 Å². The number of nitrogens with two attached hydrogens (primary N) is 1. The molecule has 4 bridgehead atoms. The number of hydrogen-bond donors (Lipinski definition) is 2. The summed E-state index contributed by atoms with van der Waals surface area (Å²) >= 11 is 0. The Bertz CT molecular complexity index is 556. The number of nitrogens with zero attached hydrogens (tertiary/aromatic N) is 2. The first-order valence-corrected chi connectivity index (χ1v) is 7.85. The molecule has 5 rings (SSSR count). The van der Waals surface area contributed by atoms with Crippen LogP contribution in [0.3, 0.4) is 0 Å². The van der Waals surface area contributed by atoms with Crippen molar-refractivity contribution < 1.29 is 0 Å². The lowest BCUT2D eigenvalue weighted by atomic mass is 9.53. The van der Waals surface area contributed by atoms with Crippen LogP contribution in [0.25, 0.3) is 0 Å². The Kier molecular flexibility index (Phi) is 2.37. The fourth-order valence-corrected chi connectivity index (χ4v) is 5.51. The first-order valence-electron chi connectivity index (χ1n) is 7.85. The second-order valence-electron chi connectivity index (χ2n) is 8.05. The molecule has 0 radical (unpaired) electrons. The van der Waals surface area contributed by atoms with Crippen LogP contribution in [0.1, 0.15) is 58.2 Å². The Balaban J connectivity index is 1.85. The smallest absolute Gasteiger partial charge is 0.319 e. The van der Waals surface area contributed by atoms with Crippen LogP contribution in [-0.2, 0) is 11.1 Å². The molecule has 0 spiro atoms. The van der Waals surface area contributed by atoms with Crippen LogP contribution in [0, 0.1) is 17.8 Å². The first kappa shape index (κ1) is 12.6. The van der Waals surface area contributed by atoms with Gasteiger partial charge < -0.3 is 5.73 Å². The zero-order valence-corrected chi connectivity index (χ0v) is 12.4. The second-order valence-corrected chi connectivity index (χ2v) is 8.05. The molecule has 4 saturated carbocycles. The maximum Gasteiger partial charge on any atom is 0.343 e.